The number of carbonyl (C=O) groups is 1. The Labute approximate surface area is 142 Å². The number of rotatable bonds is 6. The average Bonchev–Trinajstić information content (AvgIpc) is 2.62. The highest BCUT2D eigenvalue weighted by Gasteiger charge is 2.10. The number of ether oxygens (including phenoxy) is 2. The summed E-state index contributed by atoms with van der Waals surface area (Å²) in [6.45, 7) is 0. The van der Waals surface area contributed by atoms with Gasteiger partial charge in [0.05, 0.1) is 25.4 Å². The number of nitro groups is 1. The molecule has 2 rings (SSSR count). The van der Waals surface area contributed by atoms with E-state index in [-0.39, 0.29) is 16.8 Å². The van der Waals surface area contributed by atoms with Crippen LogP contribution in [0.25, 0.3) is 0 Å². The van der Waals surface area contributed by atoms with E-state index in [1.165, 1.54) is 26.4 Å². The zero-order valence-corrected chi connectivity index (χ0v) is 13.4. The molecule has 0 aliphatic rings. The lowest BCUT2D eigenvalue weighted by atomic mass is 10.2. The second-order valence-corrected chi connectivity index (χ2v) is 4.75. The minimum absolute atomic E-state index is 0.0122. The van der Waals surface area contributed by atoms with Gasteiger partial charge in [-0.15, -0.1) is 0 Å². The predicted molar refractivity (Wildman–Crippen MR) is 87.1 cm³/mol. The van der Waals surface area contributed by atoms with Crippen LogP contribution < -0.4 is 20.0 Å². The summed E-state index contributed by atoms with van der Waals surface area (Å²) in [5.41, 5.74) is 2.24. The van der Waals surface area contributed by atoms with Gasteiger partial charge in [-0.05, 0) is 23.8 Å². The van der Waals surface area contributed by atoms with Crippen molar-refractivity contribution in [3.63, 3.8) is 0 Å². The molecule has 130 valence electrons. The number of non-ortho nitro benzene ring substituents is 1. The van der Waals surface area contributed by atoms with Gasteiger partial charge in [0.2, 0.25) is 0 Å². The first-order valence-electron chi connectivity index (χ1n) is 6.97. The van der Waals surface area contributed by atoms with E-state index in [0.717, 1.165) is 24.4 Å². The molecule has 0 atom stereocenters. The Bertz CT molecular complexity index is 835. The van der Waals surface area contributed by atoms with E-state index in [1.54, 1.807) is 6.07 Å². The van der Waals surface area contributed by atoms with Gasteiger partial charge < -0.3 is 14.6 Å². The van der Waals surface area contributed by atoms with Crippen LogP contribution in [0.5, 0.6) is 17.2 Å². The lowest BCUT2D eigenvalue weighted by molar-refractivity contribution is -0.385. The summed E-state index contributed by atoms with van der Waals surface area (Å²) in [5, 5.41) is 26.0. The van der Waals surface area contributed by atoms with Gasteiger partial charge >= 0.3 is 0 Å². The summed E-state index contributed by atoms with van der Waals surface area (Å²) in [6.07, 6.45) is 1.05. The van der Waals surface area contributed by atoms with Crippen LogP contribution in [0.1, 0.15) is 15.9 Å². The Morgan fingerprint density at radius 1 is 1.16 bits per heavy atom. The third-order valence-electron chi connectivity index (χ3n) is 3.22. The van der Waals surface area contributed by atoms with Gasteiger partial charge in [0.25, 0.3) is 11.6 Å². The summed E-state index contributed by atoms with van der Waals surface area (Å²) >= 11 is 0. The Morgan fingerprint density at radius 2 is 1.88 bits per heavy atom. The second-order valence-electron chi connectivity index (χ2n) is 4.75. The Hall–Kier alpha value is -3.62. The molecule has 9 heteroatoms. The predicted octanol–water partition coefficient (Wildman–Crippen LogP) is 1.45. The van der Waals surface area contributed by atoms with E-state index in [0.29, 0.717) is 11.5 Å². The van der Waals surface area contributed by atoms with Crippen LogP contribution in [-0.4, -0.2) is 31.3 Å². The number of benzene rings is 2. The molecule has 0 aliphatic carbocycles. The lowest BCUT2D eigenvalue weighted by Crippen LogP contribution is -2.17. The third-order valence-corrected chi connectivity index (χ3v) is 3.22. The topological polar surface area (TPSA) is 126 Å². The van der Waals surface area contributed by atoms with Crippen LogP contribution in [0.3, 0.4) is 0 Å². The number of amides is 1. The van der Waals surface area contributed by atoms with E-state index in [4.69, 9.17) is 9.47 Å². The summed E-state index contributed by atoms with van der Waals surface area (Å²) in [5.74, 6) is -0.153. The average molecular weight is 344 g/mol. The summed E-state index contributed by atoms with van der Waals surface area (Å²) in [6, 6.07) is 7.79. The zero-order valence-electron chi connectivity index (χ0n) is 13.4. The van der Waals surface area contributed by atoms with Crippen molar-refractivity contribution in [1.29, 1.82) is 0 Å². The van der Waals surface area contributed by atoms with E-state index in [9.17, 15) is 20.0 Å². The normalized spacial score (nSPS) is 10.5. The molecule has 2 aromatic rings. The Kier molecular flexibility index (Phi) is 5.51. The fourth-order valence-corrected chi connectivity index (χ4v) is 1.95. The minimum atomic E-state index is -0.626. The summed E-state index contributed by atoms with van der Waals surface area (Å²) in [4.78, 5) is 22.1. The quantitative estimate of drug-likeness (QED) is 0.480. The number of hydrogen-bond acceptors (Lipinski definition) is 7. The summed E-state index contributed by atoms with van der Waals surface area (Å²) in [7, 11) is 2.91. The molecule has 0 fully saturated rings. The number of nitro benzene ring substituents is 1. The molecule has 1 N–H and O–H groups in total. The van der Waals surface area contributed by atoms with E-state index < -0.39 is 16.6 Å². The van der Waals surface area contributed by atoms with Gasteiger partial charge in [-0.1, -0.05) is 11.8 Å². The largest absolute Gasteiger partial charge is 0.872 e. The fraction of sp³-hybridized carbons (Fsp3) is 0.125. The lowest BCUT2D eigenvalue weighted by Gasteiger charge is -2.09. The maximum Gasteiger partial charge on any atom is 0.271 e. The molecule has 0 bridgehead atoms. The Balaban J connectivity index is 2.13. The molecule has 0 heterocycles. The van der Waals surface area contributed by atoms with E-state index in [1.807, 2.05) is 0 Å². The molecule has 0 unspecified atom stereocenters. The maximum atomic E-state index is 12.1. The van der Waals surface area contributed by atoms with Gasteiger partial charge in [-0.3, -0.25) is 14.9 Å². The van der Waals surface area contributed by atoms with E-state index >= 15 is 0 Å². The summed E-state index contributed by atoms with van der Waals surface area (Å²) < 4.78 is 10.2. The highest BCUT2D eigenvalue weighted by Crippen LogP contribution is 2.27. The van der Waals surface area contributed by atoms with Crippen molar-refractivity contribution in [2.75, 3.05) is 14.2 Å². The first-order valence-corrected chi connectivity index (χ1v) is 6.97. The molecular formula is C16H14N3O6-. The van der Waals surface area contributed by atoms with Crippen molar-refractivity contribution < 1.29 is 24.3 Å². The van der Waals surface area contributed by atoms with E-state index in [2.05, 4.69) is 10.5 Å². The van der Waals surface area contributed by atoms with Crippen LogP contribution >= 0.6 is 0 Å². The molecule has 1 amide bonds. The monoisotopic (exact) mass is 344 g/mol. The molecule has 9 nitrogen and oxygen atoms in total. The van der Waals surface area contributed by atoms with Crippen LogP contribution in [-0.2, 0) is 0 Å². The van der Waals surface area contributed by atoms with Crippen molar-refractivity contribution in [1.82, 2.24) is 5.43 Å². The number of methoxy groups -OCH3 is 2. The number of hydrogen-bond donors (Lipinski definition) is 1. The molecule has 0 aromatic heterocycles. The molecule has 25 heavy (non-hydrogen) atoms. The fourth-order valence-electron chi connectivity index (χ4n) is 1.95. The van der Waals surface area contributed by atoms with Gasteiger partial charge in [0.1, 0.15) is 0 Å². The minimum Gasteiger partial charge on any atom is -0.872 e. The molecule has 0 spiro atoms. The van der Waals surface area contributed by atoms with Crippen molar-refractivity contribution in [2.45, 2.75) is 0 Å². The van der Waals surface area contributed by atoms with Crippen LogP contribution in [0.2, 0.25) is 0 Å². The van der Waals surface area contributed by atoms with Gasteiger partial charge in [-0.2, -0.15) is 5.10 Å². The zero-order chi connectivity index (χ0) is 18.4. The highest BCUT2D eigenvalue weighted by molar-refractivity contribution is 5.95. The molecular weight excluding hydrogens is 330 g/mol. The van der Waals surface area contributed by atoms with Gasteiger partial charge in [0, 0.05) is 17.7 Å². The number of nitrogens with zero attached hydrogens (tertiary/aromatic N) is 2. The third kappa shape index (κ3) is 4.22. The van der Waals surface area contributed by atoms with Gasteiger partial charge in [-0.25, -0.2) is 5.43 Å². The van der Waals surface area contributed by atoms with Crippen LogP contribution in [0.4, 0.5) is 5.69 Å². The number of nitrogens with one attached hydrogen (secondary N) is 1. The SMILES string of the molecule is COc1ccc(C(=O)N/N=C\c2cc([N+](=O)[O-])ccc2[O-])cc1OC. The number of carbonyl (C=O) groups excluding carboxylic acids is 1. The molecule has 0 saturated carbocycles. The smallest absolute Gasteiger partial charge is 0.271 e. The maximum absolute atomic E-state index is 12.1. The first-order chi connectivity index (χ1) is 12.0. The van der Waals surface area contributed by atoms with Crippen LogP contribution in [0, 0.1) is 10.1 Å². The highest BCUT2D eigenvalue weighted by atomic mass is 16.6. The van der Waals surface area contributed by atoms with Crippen molar-refractivity contribution in [2.24, 2.45) is 5.10 Å². The van der Waals surface area contributed by atoms with Crippen molar-refractivity contribution >= 4 is 17.8 Å². The van der Waals surface area contributed by atoms with Crippen molar-refractivity contribution in [3.8, 4) is 17.2 Å². The second kappa shape index (κ2) is 7.77. The van der Waals surface area contributed by atoms with Crippen molar-refractivity contribution in [3.05, 3.63) is 57.6 Å². The number of hydrazone groups is 1. The molecule has 0 radical (unpaired) electrons. The first kappa shape index (κ1) is 17.7. The molecule has 2 aromatic carbocycles. The molecule has 0 saturated heterocycles. The Morgan fingerprint density at radius 3 is 2.52 bits per heavy atom. The standard InChI is InChI=1S/C16H15N3O6/c1-24-14-6-3-10(8-15(14)25-2)16(21)18-17-9-11-7-12(19(22)23)4-5-13(11)20/h3-9,20H,1-2H3,(H,18,21)/p-1/b17-9-. The molecule has 0 aliphatic heterocycles. The van der Waals surface area contributed by atoms with Gasteiger partial charge in [0.15, 0.2) is 11.5 Å². The van der Waals surface area contributed by atoms with Crippen LogP contribution in [0.15, 0.2) is 41.5 Å².